The molecule has 1 atom stereocenters. The molecule has 0 amide bonds. The van der Waals surface area contributed by atoms with E-state index in [1.54, 1.807) is 0 Å². The van der Waals surface area contributed by atoms with Gasteiger partial charge in [-0.1, -0.05) is 32.4 Å². The summed E-state index contributed by atoms with van der Waals surface area (Å²) in [4.78, 5) is 2.33. The summed E-state index contributed by atoms with van der Waals surface area (Å²) in [6, 6.07) is 8.23. The van der Waals surface area contributed by atoms with Crippen molar-refractivity contribution in [3.05, 3.63) is 29.8 Å². The fourth-order valence-electron chi connectivity index (χ4n) is 1.99. The molecule has 2 N–H and O–H groups in total. The molecule has 1 rings (SSSR count). The van der Waals surface area contributed by atoms with Crippen LogP contribution in [0.1, 0.15) is 25.8 Å². The first-order valence-corrected chi connectivity index (χ1v) is 7.26. The molecule has 0 aromatic heterocycles. The molecule has 108 valence electrons. The van der Waals surface area contributed by atoms with Crippen molar-refractivity contribution in [2.75, 3.05) is 33.3 Å². The van der Waals surface area contributed by atoms with Gasteiger partial charge in [-0.2, -0.15) is 0 Å². The van der Waals surface area contributed by atoms with Crippen molar-refractivity contribution in [1.82, 2.24) is 4.90 Å². The summed E-state index contributed by atoms with van der Waals surface area (Å²) in [5, 5.41) is 0. The third kappa shape index (κ3) is 6.60. The minimum atomic E-state index is 0.695. The van der Waals surface area contributed by atoms with Gasteiger partial charge in [0.05, 0.1) is 0 Å². The van der Waals surface area contributed by atoms with Crippen LogP contribution in [0.25, 0.3) is 0 Å². The van der Waals surface area contributed by atoms with Crippen LogP contribution in [0.2, 0.25) is 0 Å². The molecule has 0 saturated carbocycles. The van der Waals surface area contributed by atoms with Crippen molar-refractivity contribution >= 4 is 0 Å². The maximum Gasteiger partial charge on any atom is 0.119 e. The van der Waals surface area contributed by atoms with E-state index in [4.69, 9.17) is 10.5 Å². The molecule has 3 nitrogen and oxygen atoms in total. The minimum Gasteiger partial charge on any atom is -0.492 e. The van der Waals surface area contributed by atoms with Gasteiger partial charge in [-0.05, 0) is 43.6 Å². The molecule has 1 aromatic rings. The Morgan fingerprint density at radius 2 is 1.95 bits per heavy atom. The Morgan fingerprint density at radius 1 is 1.26 bits per heavy atom. The SMILES string of the molecule is CCC(C)CN(C)CCOc1ccc(CCN)cc1. The highest BCUT2D eigenvalue weighted by molar-refractivity contribution is 5.27. The number of rotatable bonds is 9. The predicted octanol–water partition coefficient (Wildman–Crippen LogP) is 2.54. The van der Waals surface area contributed by atoms with Crippen LogP contribution < -0.4 is 10.5 Å². The maximum absolute atomic E-state index is 5.75. The third-order valence-electron chi connectivity index (χ3n) is 3.42. The standard InChI is InChI=1S/C16H28N2O/c1-4-14(2)13-18(3)11-12-19-16-7-5-15(6-8-16)9-10-17/h5-8,14H,4,9-13,17H2,1-3H3. The van der Waals surface area contributed by atoms with Crippen molar-refractivity contribution in [2.45, 2.75) is 26.7 Å². The lowest BCUT2D eigenvalue weighted by Crippen LogP contribution is -2.28. The van der Waals surface area contributed by atoms with Gasteiger partial charge in [0.25, 0.3) is 0 Å². The zero-order chi connectivity index (χ0) is 14.1. The number of nitrogens with zero attached hydrogens (tertiary/aromatic N) is 1. The highest BCUT2D eigenvalue weighted by Crippen LogP contribution is 2.12. The number of hydrogen-bond acceptors (Lipinski definition) is 3. The van der Waals surface area contributed by atoms with Gasteiger partial charge in [0.15, 0.2) is 0 Å². The van der Waals surface area contributed by atoms with E-state index in [2.05, 4.69) is 37.9 Å². The fourth-order valence-corrected chi connectivity index (χ4v) is 1.99. The molecular weight excluding hydrogens is 236 g/mol. The second-order valence-corrected chi connectivity index (χ2v) is 5.31. The Kier molecular flexibility index (Phi) is 7.53. The highest BCUT2D eigenvalue weighted by atomic mass is 16.5. The average molecular weight is 264 g/mol. The van der Waals surface area contributed by atoms with Gasteiger partial charge in [-0.25, -0.2) is 0 Å². The number of likely N-dealkylation sites (N-methyl/N-ethyl adjacent to an activating group) is 1. The van der Waals surface area contributed by atoms with Crippen molar-refractivity contribution in [3.8, 4) is 5.75 Å². The Bertz CT molecular complexity index is 337. The molecule has 0 aliphatic carbocycles. The summed E-state index contributed by atoms with van der Waals surface area (Å²) in [5.41, 5.74) is 6.79. The first-order valence-electron chi connectivity index (χ1n) is 7.26. The van der Waals surface area contributed by atoms with E-state index in [1.165, 1.54) is 12.0 Å². The van der Waals surface area contributed by atoms with Crippen LogP contribution in [0.15, 0.2) is 24.3 Å². The maximum atomic E-state index is 5.75. The molecule has 1 aromatic carbocycles. The molecule has 1 unspecified atom stereocenters. The lowest BCUT2D eigenvalue weighted by atomic mass is 10.1. The van der Waals surface area contributed by atoms with Gasteiger partial charge >= 0.3 is 0 Å². The number of benzene rings is 1. The molecule has 19 heavy (non-hydrogen) atoms. The molecule has 0 fully saturated rings. The molecule has 0 aliphatic heterocycles. The molecular formula is C16H28N2O. The monoisotopic (exact) mass is 264 g/mol. The van der Waals surface area contributed by atoms with Gasteiger partial charge in [0.2, 0.25) is 0 Å². The predicted molar refractivity (Wildman–Crippen MR) is 81.6 cm³/mol. The third-order valence-corrected chi connectivity index (χ3v) is 3.42. The van der Waals surface area contributed by atoms with Crippen LogP contribution in [0.5, 0.6) is 5.75 Å². The Balaban J connectivity index is 2.25. The van der Waals surface area contributed by atoms with Crippen LogP contribution in [-0.2, 0) is 6.42 Å². The molecule has 0 heterocycles. The van der Waals surface area contributed by atoms with Gasteiger partial charge in [-0.3, -0.25) is 0 Å². The summed E-state index contributed by atoms with van der Waals surface area (Å²) in [7, 11) is 2.15. The van der Waals surface area contributed by atoms with Gasteiger partial charge < -0.3 is 15.4 Å². The Labute approximate surface area is 117 Å². The molecule has 0 saturated heterocycles. The summed E-state index contributed by atoms with van der Waals surface area (Å²) in [6.45, 7) is 8.05. The van der Waals surface area contributed by atoms with Gasteiger partial charge in [-0.15, -0.1) is 0 Å². The Hall–Kier alpha value is -1.06. The molecule has 0 aliphatic rings. The topological polar surface area (TPSA) is 38.5 Å². The molecule has 0 spiro atoms. The van der Waals surface area contributed by atoms with E-state index in [1.807, 2.05) is 12.1 Å². The lowest BCUT2D eigenvalue weighted by Gasteiger charge is -2.20. The summed E-state index contributed by atoms with van der Waals surface area (Å²) >= 11 is 0. The number of ether oxygens (including phenoxy) is 1. The lowest BCUT2D eigenvalue weighted by molar-refractivity contribution is 0.217. The van der Waals surface area contributed by atoms with Crippen LogP contribution in [-0.4, -0.2) is 38.2 Å². The highest BCUT2D eigenvalue weighted by Gasteiger charge is 2.04. The summed E-state index contributed by atoms with van der Waals surface area (Å²) in [6.07, 6.45) is 2.16. The second kappa shape index (κ2) is 8.94. The number of hydrogen-bond donors (Lipinski definition) is 1. The molecule has 0 radical (unpaired) electrons. The van der Waals surface area contributed by atoms with E-state index in [0.717, 1.165) is 37.8 Å². The van der Waals surface area contributed by atoms with Crippen molar-refractivity contribution in [3.63, 3.8) is 0 Å². The van der Waals surface area contributed by atoms with E-state index < -0.39 is 0 Å². The van der Waals surface area contributed by atoms with Crippen molar-refractivity contribution < 1.29 is 4.74 Å². The fraction of sp³-hybridized carbons (Fsp3) is 0.625. The van der Waals surface area contributed by atoms with Crippen LogP contribution in [0.4, 0.5) is 0 Å². The van der Waals surface area contributed by atoms with Gasteiger partial charge in [0, 0.05) is 13.1 Å². The normalized spacial score (nSPS) is 12.7. The first kappa shape index (κ1) is 16.0. The minimum absolute atomic E-state index is 0.695. The van der Waals surface area contributed by atoms with Crippen LogP contribution >= 0.6 is 0 Å². The Morgan fingerprint density at radius 3 is 2.53 bits per heavy atom. The average Bonchev–Trinajstić information content (AvgIpc) is 2.41. The van der Waals surface area contributed by atoms with Crippen molar-refractivity contribution in [1.29, 1.82) is 0 Å². The molecule has 3 heteroatoms. The zero-order valence-electron chi connectivity index (χ0n) is 12.6. The van der Waals surface area contributed by atoms with Crippen molar-refractivity contribution in [2.24, 2.45) is 11.7 Å². The summed E-state index contributed by atoms with van der Waals surface area (Å²) in [5.74, 6) is 1.69. The van der Waals surface area contributed by atoms with Crippen LogP contribution in [0, 0.1) is 5.92 Å². The zero-order valence-corrected chi connectivity index (χ0v) is 12.6. The first-order chi connectivity index (χ1) is 9.15. The van der Waals surface area contributed by atoms with Crippen LogP contribution in [0.3, 0.4) is 0 Å². The van der Waals surface area contributed by atoms with E-state index in [0.29, 0.717) is 6.54 Å². The largest absolute Gasteiger partial charge is 0.492 e. The van der Waals surface area contributed by atoms with E-state index in [-0.39, 0.29) is 0 Å². The summed E-state index contributed by atoms with van der Waals surface area (Å²) < 4.78 is 5.75. The van der Waals surface area contributed by atoms with E-state index >= 15 is 0 Å². The number of nitrogens with two attached hydrogens (primary N) is 1. The second-order valence-electron chi connectivity index (χ2n) is 5.31. The smallest absolute Gasteiger partial charge is 0.119 e. The van der Waals surface area contributed by atoms with E-state index in [9.17, 15) is 0 Å². The van der Waals surface area contributed by atoms with Gasteiger partial charge in [0.1, 0.15) is 12.4 Å². The molecule has 0 bridgehead atoms. The quantitative estimate of drug-likeness (QED) is 0.745.